The van der Waals surface area contributed by atoms with Gasteiger partial charge in [0.2, 0.25) is 11.8 Å². The van der Waals surface area contributed by atoms with Crippen LogP contribution in [0.3, 0.4) is 0 Å². The molecule has 180 valence electrons. The largest absolute Gasteiger partial charge is 0.669 e. The molecule has 11 nitrogen and oxygen atoms in total. The number of aryl methyl sites for hydroxylation is 1. The fraction of sp³-hybridized carbons (Fsp3) is 0.571. The monoisotopic (exact) mass is 462 g/mol. The zero-order chi connectivity index (χ0) is 23.9. The van der Waals surface area contributed by atoms with E-state index in [2.05, 4.69) is 5.32 Å². The first-order chi connectivity index (χ1) is 15.5. The van der Waals surface area contributed by atoms with Crippen LogP contribution in [0.1, 0.15) is 28.8 Å². The zero-order valence-corrected chi connectivity index (χ0v) is 18.7. The molecule has 1 aromatic rings. The lowest BCUT2D eigenvalue weighted by Gasteiger charge is -2.40. The van der Waals surface area contributed by atoms with E-state index >= 15 is 0 Å². The number of hydrogen-bond donors (Lipinski definition) is 4. The maximum absolute atomic E-state index is 12.6. The fourth-order valence-corrected chi connectivity index (χ4v) is 4.57. The van der Waals surface area contributed by atoms with Crippen LogP contribution in [0.5, 0.6) is 11.5 Å². The Hall–Kier alpha value is -2.83. The number of rotatable bonds is 6. The molecule has 2 atom stereocenters. The van der Waals surface area contributed by atoms with E-state index in [1.807, 2.05) is 0 Å². The molecule has 4 rings (SSSR count). The van der Waals surface area contributed by atoms with E-state index in [4.69, 9.17) is 9.39 Å². The van der Waals surface area contributed by atoms with Crippen molar-refractivity contribution < 1.29 is 38.9 Å². The lowest BCUT2D eigenvalue weighted by molar-refractivity contribution is -0.141. The SMILES string of the molecule is CN(C)C(=O)[C@@H]1C[C@H](CC(=O)N2CC(Oc3ccc4c(c3C(=O)O)O[B-](O)(O)CC4)C2)CN1. The lowest BCUT2D eigenvalue weighted by Crippen LogP contribution is -2.56. The molecular formula is C21H29BN3O8-. The van der Waals surface area contributed by atoms with Gasteiger partial charge in [-0.1, -0.05) is 12.4 Å². The summed E-state index contributed by atoms with van der Waals surface area (Å²) < 4.78 is 11.0. The number of hydrogen-bond acceptors (Lipinski definition) is 8. The molecule has 0 aliphatic carbocycles. The molecule has 0 radical (unpaired) electrons. The molecule has 2 fully saturated rings. The summed E-state index contributed by atoms with van der Waals surface area (Å²) in [7, 11) is 3.41. The van der Waals surface area contributed by atoms with Crippen LogP contribution < -0.4 is 14.7 Å². The normalized spacial score (nSPS) is 23.8. The standard InChI is InChI=1S/C21H29BN3O8/c1-24(2)20(27)15-7-12(9-23-15)8-17(26)25-10-14(11-25)32-16-4-3-13-5-6-22(30,31)33-19(13)18(16)21(28)29/h3-4,12,14-15,23,30-31H,5-11H2,1-2H3,(H,28,29)/q-1/t12-,15+/m1/s1. The van der Waals surface area contributed by atoms with Crippen molar-refractivity contribution in [1.29, 1.82) is 0 Å². The van der Waals surface area contributed by atoms with Gasteiger partial charge in [-0.25, -0.2) is 4.79 Å². The summed E-state index contributed by atoms with van der Waals surface area (Å²) in [5.74, 6) is -1.25. The molecule has 1 aromatic carbocycles. The predicted octanol–water partition coefficient (Wildman–Crippen LogP) is -0.711. The highest BCUT2D eigenvalue weighted by molar-refractivity contribution is 6.59. The topological polar surface area (TPSA) is 149 Å². The molecule has 3 heterocycles. The van der Waals surface area contributed by atoms with Crippen molar-refractivity contribution in [3.63, 3.8) is 0 Å². The second-order valence-corrected chi connectivity index (χ2v) is 9.28. The molecule has 4 N–H and O–H groups in total. The van der Waals surface area contributed by atoms with Crippen molar-refractivity contribution in [2.45, 2.75) is 37.7 Å². The fourth-order valence-electron chi connectivity index (χ4n) is 4.57. The van der Waals surface area contributed by atoms with Gasteiger partial charge in [-0.3, -0.25) is 9.59 Å². The van der Waals surface area contributed by atoms with Gasteiger partial charge in [-0.2, -0.15) is 0 Å². The van der Waals surface area contributed by atoms with E-state index < -0.39 is 12.7 Å². The van der Waals surface area contributed by atoms with Gasteiger partial charge < -0.3 is 39.7 Å². The molecular weight excluding hydrogens is 433 g/mol. The molecule has 0 spiro atoms. The average molecular weight is 462 g/mol. The number of benzene rings is 1. The summed E-state index contributed by atoms with van der Waals surface area (Å²) in [5, 5.41) is 32.5. The number of amides is 2. The maximum Gasteiger partial charge on any atom is 0.430 e. The number of fused-ring (bicyclic) bond motifs is 1. The number of nitrogens with zero attached hydrogens (tertiary/aromatic N) is 2. The maximum atomic E-state index is 12.6. The van der Waals surface area contributed by atoms with Crippen molar-refractivity contribution in [1.82, 2.24) is 15.1 Å². The summed E-state index contributed by atoms with van der Waals surface area (Å²) in [5.41, 5.74) is 0.321. The third-order valence-corrected chi connectivity index (χ3v) is 6.43. The van der Waals surface area contributed by atoms with E-state index in [1.54, 1.807) is 30.0 Å². The van der Waals surface area contributed by atoms with Crippen LogP contribution in [0.4, 0.5) is 0 Å². The molecule has 12 heteroatoms. The Morgan fingerprint density at radius 1 is 1.27 bits per heavy atom. The van der Waals surface area contributed by atoms with Gasteiger partial charge in [-0.05, 0) is 36.9 Å². The van der Waals surface area contributed by atoms with Crippen LogP contribution in [0.2, 0.25) is 6.32 Å². The van der Waals surface area contributed by atoms with Crippen LogP contribution in [0.25, 0.3) is 0 Å². The van der Waals surface area contributed by atoms with Crippen LogP contribution in [0, 0.1) is 5.92 Å². The molecule has 0 unspecified atom stereocenters. The van der Waals surface area contributed by atoms with Gasteiger partial charge in [-0.15, -0.1) is 0 Å². The van der Waals surface area contributed by atoms with Gasteiger partial charge in [0.05, 0.1) is 24.9 Å². The van der Waals surface area contributed by atoms with E-state index in [-0.39, 0.29) is 59.7 Å². The number of carboxylic acid groups (broad SMARTS) is 1. The van der Waals surface area contributed by atoms with E-state index in [9.17, 15) is 29.5 Å². The van der Waals surface area contributed by atoms with Gasteiger partial charge in [0.25, 0.3) is 0 Å². The molecule has 0 bridgehead atoms. The minimum absolute atomic E-state index is 0.00599. The van der Waals surface area contributed by atoms with E-state index in [0.29, 0.717) is 38.0 Å². The Morgan fingerprint density at radius 3 is 2.67 bits per heavy atom. The second kappa shape index (κ2) is 8.84. The highest BCUT2D eigenvalue weighted by atomic mass is 16.6. The third-order valence-electron chi connectivity index (χ3n) is 6.43. The van der Waals surface area contributed by atoms with Crippen molar-refractivity contribution in [2.75, 3.05) is 33.7 Å². The summed E-state index contributed by atoms with van der Waals surface area (Å²) in [6.45, 7) is -1.85. The third kappa shape index (κ3) is 4.92. The highest BCUT2D eigenvalue weighted by Gasteiger charge is 2.38. The Balaban J connectivity index is 1.33. The van der Waals surface area contributed by atoms with Crippen molar-refractivity contribution in [3.8, 4) is 11.5 Å². The van der Waals surface area contributed by atoms with Crippen molar-refractivity contribution in [3.05, 3.63) is 23.3 Å². The summed E-state index contributed by atoms with van der Waals surface area (Å²) >= 11 is 0. The number of likely N-dealkylation sites (N-methyl/N-ethyl adjacent to an activating group) is 1. The summed E-state index contributed by atoms with van der Waals surface area (Å²) in [6.07, 6.45) is 0.850. The number of carbonyl (C=O) groups is 3. The van der Waals surface area contributed by atoms with Gasteiger partial charge in [0, 0.05) is 20.5 Å². The Morgan fingerprint density at radius 2 is 2.00 bits per heavy atom. The summed E-state index contributed by atoms with van der Waals surface area (Å²) in [6, 6.07) is 2.93. The van der Waals surface area contributed by atoms with Gasteiger partial charge >= 0.3 is 12.7 Å². The van der Waals surface area contributed by atoms with Crippen molar-refractivity contribution >= 4 is 24.5 Å². The van der Waals surface area contributed by atoms with Crippen LogP contribution in [0.15, 0.2) is 12.1 Å². The summed E-state index contributed by atoms with van der Waals surface area (Å²) in [4.78, 5) is 39.7. The number of carboxylic acids is 1. The number of carbonyl (C=O) groups excluding carboxylic acids is 2. The van der Waals surface area contributed by atoms with Gasteiger partial charge in [0.15, 0.2) is 0 Å². The predicted molar refractivity (Wildman–Crippen MR) is 117 cm³/mol. The molecule has 2 saturated heterocycles. The molecule has 3 aliphatic rings. The van der Waals surface area contributed by atoms with Gasteiger partial charge in [0.1, 0.15) is 17.4 Å². The van der Waals surface area contributed by atoms with E-state index in [0.717, 1.165) is 0 Å². The lowest BCUT2D eigenvalue weighted by atomic mass is 9.70. The first kappa shape index (κ1) is 23.3. The minimum atomic E-state index is -3.11. The first-order valence-electron chi connectivity index (χ1n) is 11.1. The Labute approximate surface area is 191 Å². The number of aromatic carboxylic acids is 1. The van der Waals surface area contributed by atoms with Crippen LogP contribution in [-0.4, -0.2) is 95.4 Å². The number of nitrogens with one attached hydrogen (secondary N) is 1. The average Bonchev–Trinajstić information content (AvgIpc) is 3.16. The Bertz CT molecular complexity index is 963. The highest BCUT2D eigenvalue weighted by Crippen LogP contribution is 2.39. The van der Waals surface area contributed by atoms with Crippen LogP contribution >= 0.6 is 0 Å². The van der Waals surface area contributed by atoms with Crippen LogP contribution in [-0.2, 0) is 16.0 Å². The molecule has 2 amide bonds. The first-order valence-corrected chi connectivity index (χ1v) is 11.1. The van der Waals surface area contributed by atoms with Crippen molar-refractivity contribution in [2.24, 2.45) is 5.92 Å². The Kier molecular flexibility index (Phi) is 6.25. The minimum Gasteiger partial charge on any atom is -0.669 e. The molecule has 0 saturated carbocycles. The second-order valence-electron chi connectivity index (χ2n) is 9.28. The van der Waals surface area contributed by atoms with E-state index in [1.165, 1.54) is 6.07 Å². The number of ether oxygens (including phenoxy) is 1. The molecule has 0 aromatic heterocycles. The number of likely N-dealkylation sites (tertiary alicyclic amines) is 1. The quantitative estimate of drug-likeness (QED) is 0.402. The smallest absolute Gasteiger partial charge is 0.430 e. The molecule has 33 heavy (non-hydrogen) atoms. The zero-order valence-electron chi connectivity index (χ0n) is 18.7. The molecule has 3 aliphatic heterocycles.